The summed E-state index contributed by atoms with van der Waals surface area (Å²) in [4.78, 5) is 11.8. The standard InChI is InChI=1S/C16H19N3O/c1-4-19-12(2)10-15(13(19)3)11-17-18-16(20)14-8-6-5-7-9-14/h5-11H,4H2,1-3H3,(H,18,20)/b17-11-. The van der Waals surface area contributed by atoms with Crippen LogP contribution in [0.5, 0.6) is 0 Å². The minimum absolute atomic E-state index is 0.203. The first-order valence-corrected chi connectivity index (χ1v) is 6.68. The zero-order valence-electron chi connectivity index (χ0n) is 12.1. The summed E-state index contributed by atoms with van der Waals surface area (Å²) >= 11 is 0. The van der Waals surface area contributed by atoms with Crippen LogP contribution in [0.3, 0.4) is 0 Å². The maximum Gasteiger partial charge on any atom is 0.271 e. The second-order valence-electron chi connectivity index (χ2n) is 4.64. The Labute approximate surface area is 119 Å². The van der Waals surface area contributed by atoms with Crippen LogP contribution >= 0.6 is 0 Å². The predicted octanol–water partition coefficient (Wildman–Crippen LogP) is 2.89. The molecule has 4 heteroatoms. The number of carbonyl (C=O) groups excluding carboxylic acids is 1. The summed E-state index contributed by atoms with van der Waals surface area (Å²) in [5, 5.41) is 4.03. The molecule has 2 rings (SSSR count). The largest absolute Gasteiger partial charge is 0.349 e. The summed E-state index contributed by atoms with van der Waals surface area (Å²) in [5.41, 5.74) is 6.52. The highest BCUT2D eigenvalue weighted by molar-refractivity contribution is 5.94. The molecule has 0 saturated carbocycles. The first-order valence-electron chi connectivity index (χ1n) is 6.68. The number of hydrogen-bond donors (Lipinski definition) is 1. The molecule has 104 valence electrons. The van der Waals surface area contributed by atoms with Gasteiger partial charge < -0.3 is 4.57 Å². The Kier molecular flexibility index (Phi) is 4.35. The minimum atomic E-state index is -0.203. The molecular formula is C16H19N3O. The number of rotatable bonds is 4. The molecule has 20 heavy (non-hydrogen) atoms. The van der Waals surface area contributed by atoms with Gasteiger partial charge in [-0.15, -0.1) is 0 Å². The predicted molar refractivity (Wildman–Crippen MR) is 81.1 cm³/mol. The highest BCUT2D eigenvalue weighted by Gasteiger charge is 2.06. The van der Waals surface area contributed by atoms with Gasteiger partial charge in [0.2, 0.25) is 0 Å². The van der Waals surface area contributed by atoms with Crippen molar-refractivity contribution in [3.05, 3.63) is 58.9 Å². The van der Waals surface area contributed by atoms with Gasteiger partial charge in [-0.05, 0) is 39.0 Å². The summed E-state index contributed by atoms with van der Waals surface area (Å²) in [6, 6.07) is 11.1. The molecule has 0 aliphatic carbocycles. The van der Waals surface area contributed by atoms with Crippen LogP contribution in [0.4, 0.5) is 0 Å². The molecule has 0 spiro atoms. The third kappa shape index (κ3) is 2.96. The Balaban J connectivity index is 2.06. The number of aromatic nitrogens is 1. The molecule has 0 atom stereocenters. The molecule has 1 heterocycles. The molecule has 0 fully saturated rings. The fourth-order valence-corrected chi connectivity index (χ4v) is 2.26. The Morgan fingerprint density at radius 3 is 2.60 bits per heavy atom. The van der Waals surface area contributed by atoms with Gasteiger partial charge in [0.1, 0.15) is 0 Å². The van der Waals surface area contributed by atoms with Crippen LogP contribution in [-0.4, -0.2) is 16.7 Å². The van der Waals surface area contributed by atoms with E-state index >= 15 is 0 Å². The smallest absolute Gasteiger partial charge is 0.271 e. The highest BCUT2D eigenvalue weighted by atomic mass is 16.2. The van der Waals surface area contributed by atoms with Gasteiger partial charge >= 0.3 is 0 Å². The molecule has 2 aromatic rings. The van der Waals surface area contributed by atoms with Crippen molar-refractivity contribution >= 4 is 12.1 Å². The summed E-state index contributed by atoms with van der Waals surface area (Å²) in [7, 11) is 0. The number of nitrogens with zero attached hydrogens (tertiary/aromatic N) is 2. The summed E-state index contributed by atoms with van der Waals surface area (Å²) < 4.78 is 2.21. The third-order valence-corrected chi connectivity index (χ3v) is 3.33. The summed E-state index contributed by atoms with van der Waals surface area (Å²) in [6.45, 7) is 7.16. The van der Waals surface area contributed by atoms with Crippen molar-refractivity contribution in [2.45, 2.75) is 27.3 Å². The molecule has 0 radical (unpaired) electrons. The Bertz CT molecular complexity index is 627. The van der Waals surface area contributed by atoms with E-state index in [1.54, 1.807) is 18.3 Å². The fourth-order valence-electron chi connectivity index (χ4n) is 2.26. The van der Waals surface area contributed by atoms with Crippen LogP contribution in [0, 0.1) is 13.8 Å². The number of carbonyl (C=O) groups is 1. The quantitative estimate of drug-likeness (QED) is 0.673. The second-order valence-corrected chi connectivity index (χ2v) is 4.64. The average molecular weight is 269 g/mol. The monoisotopic (exact) mass is 269 g/mol. The number of benzene rings is 1. The van der Waals surface area contributed by atoms with Crippen molar-refractivity contribution in [1.82, 2.24) is 9.99 Å². The lowest BCUT2D eigenvalue weighted by atomic mass is 10.2. The van der Waals surface area contributed by atoms with Crippen LogP contribution in [0.2, 0.25) is 0 Å². The number of hydrogen-bond acceptors (Lipinski definition) is 2. The molecule has 0 aliphatic heterocycles. The number of nitrogens with one attached hydrogen (secondary N) is 1. The van der Waals surface area contributed by atoms with Gasteiger partial charge in [0, 0.05) is 29.1 Å². The molecular weight excluding hydrogens is 250 g/mol. The van der Waals surface area contributed by atoms with E-state index in [1.807, 2.05) is 18.2 Å². The van der Waals surface area contributed by atoms with E-state index in [2.05, 4.69) is 41.9 Å². The third-order valence-electron chi connectivity index (χ3n) is 3.33. The maximum absolute atomic E-state index is 11.8. The Morgan fingerprint density at radius 2 is 2.00 bits per heavy atom. The Morgan fingerprint density at radius 1 is 1.30 bits per heavy atom. The van der Waals surface area contributed by atoms with E-state index in [1.165, 1.54) is 5.69 Å². The van der Waals surface area contributed by atoms with Crippen molar-refractivity contribution in [2.75, 3.05) is 0 Å². The van der Waals surface area contributed by atoms with Gasteiger partial charge in [-0.3, -0.25) is 4.79 Å². The normalized spacial score (nSPS) is 10.9. The van der Waals surface area contributed by atoms with Crippen LogP contribution in [0.1, 0.15) is 34.2 Å². The highest BCUT2D eigenvalue weighted by Crippen LogP contribution is 2.12. The lowest BCUT2D eigenvalue weighted by molar-refractivity contribution is 0.0955. The van der Waals surface area contributed by atoms with E-state index in [9.17, 15) is 4.79 Å². The lowest BCUT2D eigenvalue weighted by Crippen LogP contribution is -2.17. The van der Waals surface area contributed by atoms with Crippen LogP contribution in [0.15, 0.2) is 41.5 Å². The summed E-state index contributed by atoms with van der Waals surface area (Å²) in [6.07, 6.45) is 1.69. The average Bonchev–Trinajstić information content (AvgIpc) is 2.74. The zero-order valence-corrected chi connectivity index (χ0v) is 12.1. The molecule has 0 bridgehead atoms. The molecule has 1 aromatic heterocycles. The van der Waals surface area contributed by atoms with Crippen LogP contribution in [0.25, 0.3) is 0 Å². The number of aryl methyl sites for hydroxylation is 1. The topological polar surface area (TPSA) is 46.4 Å². The second kappa shape index (κ2) is 6.19. The van der Waals surface area contributed by atoms with Gasteiger partial charge in [0.25, 0.3) is 5.91 Å². The van der Waals surface area contributed by atoms with Gasteiger partial charge in [0.05, 0.1) is 6.21 Å². The molecule has 1 aromatic carbocycles. The van der Waals surface area contributed by atoms with Gasteiger partial charge in [0.15, 0.2) is 0 Å². The van der Waals surface area contributed by atoms with E-state index < -0.39 is 0 Å². The summed E-state index contributed by atoms with van der Waals surface area (Å²) in [5.74, 6) is -0.203. The van der Waals surface area contributed by atoms with Gasteiger partial charge in [-0.2, -0.15) is 5.10 Å². The molecule has 0 aliphatic rings. The minimum Gasteiger partial charge on any atom is -0.349 e. The lowest BCUT2D eigenvalue weighted by Gasteiger charge is -2.04. The van der Waals surface area contributed by atoms with Crippen LogP contribution < -0.4 is 5.43 Å². The van der Waals surface area contributed by atoms with Crippen LogP contribution in [-0.2, 0) is 6.54 Å². The van der Waals surface area contributed by atoms with E-state index in [0.29, 0.717) is 5.56 Å². The van der Waals surface area contributed by atoms with E-state index in [0.717, 1.165) is 17.8 Å². The zero-order chi connectivity index (χ0) is 14.5. The SMILES string of the molecule is CCn1c(C)cc(/C=N\NC(=O)c2ccccc2)c1C. The maximum atomic E-state index is 11.8. The van der Waals surface area contributed by atoms with Gasteiger partial charge in [-0.25, -0.2) is 5.43 Å². The molecule has 0 saturated heterocycles. The number of amides is 1. The first-order chi connectivity index (χ1) is 9.63. The number of hydrazone groups is 1. The first kappa shape index (κ1) is 14.1. The molecule has 0 unspecified atom stereocenters. The van der Waals surface area contributed by atoms with E-state index in [-0.39, 0.29) is 5.91 Å². The Hall–Kier alpha value is -2.36. The van der Waals surface area contributed by atoms with Gasteiger partial charge in [-0.1, -0.05) is 18.2 Å². The molecule has 1 amide bonds. The van der Waals surface area contributed by atoms with Crippen molar-refractivity contribution in [1.29, 1.82) is 0 Å². The van der Waals surface area contributed by atoms with Crippen molar-refractivity contribution in [3.63, 3.8) is 0 Å². The fraction of sp³-hybridized carbons (Fsp3) is 0.250. The van der Waals surface area contributed by atoms with Crippen molar-refractivity contribution < 1.29 is 4.79 Å². The van der Waals surface area contributed by atoms with Crippen molar-refractivity contribution in [2.24, 2.45) is 5.10 Å². The molecule has 4 nitrogen and oxygen atoms in total. The molecule has 1 N–H and O–H groups in total. The van der Waals surface area contributed by atoms with Crippen molar-refractivity contribution in [3.8, 4) is 0 Å². The van der Waals surface area contributed by atoms with E-state index in [4.69, 9.17) is 0 Å².